The number of rotatable bonds is 4. The number of hydrogen-bond donors (Lipinski definition) is 2. The third-order valence-electron chi connectivity index (χ3n) is 3.13. The van der Waals surface area contributed by atoms with Gasteiger partial charge in [0.2, 0.25) is 0 Å². The second-order valence-corrected chi connectivity index (χ2v) is 5.15. The molecule has 108 valence electrons. The van der Waals surface area contributed by atoms with Crippen LogP contribution in [0.2, 0.25) is 0 Å². The zero-order chi connectivity index (χ0) is 15.4. The number of aryl methyl sites for hydroxylation is 1. The van der Waals surface area contributed by atoms with Crippen molar-refractivity contribution in [1.29, 1.82) is 0 Å². The lowest BCUT2D eigenvalue weighted by Gasteiger charge is -2.07. The number of benzene rings is 2. The highest BCUT2D eigenvalue weighted by Crippen LogP contribution is 2.10. The predicted octanol–water partition coefficient (Wildman–Crippen LogP) is 2.70. The van der Waals surface area contributed by atoms with Crippen LogP contribution in [0, 0.1) is 12.7 Å². The Morgan fingerprint density at radius 1 is 1.19 bits per heavy atom. The lowest BCUT2D eigenvalue weighted by molar-refractivity contribution is 0.0950. The SMILES string of the molecule is Cc1ccc(C(=O)NCc2ccc(C(N)=S)cc2)cc1F. The average Bonchev–Trinajstić information content (AvgIpc) is 2.48. The van der Waals surface area contributed by atoms with Crippen molar-refractivity contribution in [2.75, 3.05) is 0 Å². The molecule has 0 aliphatic heterocycles. The first-order chi connectivity index (χ1) is 9.97. The van der Waals surface area contributed by atoms with Crippen LogP contribution in [0.25, 0.3) is 0 Å². The van der Waals surface area contributed by atoms with Gasteiger partial charge in [-0.25, -0.2) is 4.39 Å². The van der Waals surface area contributed by atoms with Gasteiger partial charge in [0, 0.05) is 17.7 Å². The number of hydrogen-bond acceptors (Lipinski definition) is 2. The first kappa shape index (κ1) is 15.1. The third kappa shape index (κ3) is 3.86. The van der Waals surface area contributed by atoms with E-state index in [1.165, 1.54) is 6.07 Å². The molecule has 0 spiro atoms. The molecule has 2 aromatic rings. The van der Waals surface area contributed by atoms with Crippen LogP contribution in [0.15, 0.2) is 42.5 Å². The van der Waals surface area contributed by atoms with E-state index in [1.807, 2.05) is 12.1 Å². The summed E-state index contributed by atoms with van der Waals surface area (Å²) in [4.78, 5) is 12.3. The fourth-order valence-corrected chi connectivity index (χ4v) is 1.94. The fourth-order valence-electron chi connectivity index (χ4n) is 1.81. The highest BCUT2D eigenvalue weighted by Gasteiger charge is 2.08. The van der Waals surface area contributed by atoms with E-state index in [1.54, 1.807) is 31.2 Å². The van der Waals surface area contributed by atoms with Crippen molar-refractivity contribution >= 4 is 23.1 Å². The third-order valence-corrected chi connectivity index (χ3v) is 3.36. The van der Waals surface area contributed by atoms with E-state index in [0.717, 1.165) is 11.1 Å². The molecule has 0 saturated carbocycles. The minimum absolute atomic E-state index is 0.304. The Bertz CT molecular complexity index is 683. The number of amides is 1. The number of nitrogens with one attached hydrogen (secondary N) is 1. The summed E-state index contributed by atoms with van der Waals surface area (Å²) in [6.07, 6.45) is 0. The van der Waals surface area contributed by atoms with Gasteiger partial charge in [-0.15, -0.1) is 0 Å². The molecule has 0 bridgehead atoms. The van der Waals surface area contributed by atoms with E-state index >= 15 is 0 Å². The predicted molar refractivity (Wildman–Crippen MR) is 84.6 cm³/mol. The van der Waals surface area contributed by atoms with Gasteiger partial charge in [0.25, 0.3) is 5.91 Å². The summed E-state index contributed by atoms with van der Waals surface area (Å²) in [7, 11) is 0. The minimum Gasteiger partial charge on any atom is -0.389 e. The molecule has 0 aliphatic rings. The van der Waals surface area contributed by atoms with E-state index in [2.05, 4.69) is 5.32 Å². The molecule has 0 unspecified atom stereocenters. The van der Waals surface area contributed by atoms with E-state index in [4.69, 9.17) is 18.0 Å². The molecule has 3 N–H and O–H groups in total. The van der Waals surface area contributed by atoms with Crippen molar-refractivity contribution in [1.82, 2.24) is 5.32 Å². The number of carbonyl (C=O) groups is 1. The van der Waals surface area contributed by atoms with Crippen LogP contribution in [0.4, 0.5) is 4.39 Å². The summed E-state index contributed by atoms with van der Waals surface area (Å²) in [5.74, 6) is -0.698. The standard InChI is InChI=1S/C16H15FN2OS/c1-10-2-5-13(8-14(10)17)16(20)19-9-11-3-6-12(7-4-11)15(18)21/h2-8H,9H2,1H3,(H2,18,21)(H,19,20). The Labute approximate surface area is 128 Å². The molecule has 0 aliphatic carbocycles. The van der Waals surface area contributed by atoms with E-state index in [-0.39, 0.29) is 11.7 Å². The van der Waals surface area contributed by atoms with Gasteiger partial charge >= 0.3 is 0 Å². The summed E-state index contributed by atoms with van der Waals surface area (Å²) < 4.78 is 13.4. The van der Waals surface area contributed by atoms with Gasteiger partial charge < -0.3 is 11.1 Å². The van der Waals surface area contributed by atoms with E-state index in [0.29, 0.717) is 22.7 Å². The van der Waals surface area contributed by atoms with Gasteiger partial charge in [0.1, 0.15) is 10.8 Å². The van der Waals surface area contributed by atoms with Crippen LogP contribution in [-0.2, 0) is 6.54 Å². The van der Waals surface area contributed by atoms with Crippen LogP contribution in [-0.4, -0.2) is 10.9 Å². The first-order valence-corrected chi connectivity index (χ1v) is 6.81. The average molecular weight is 302 g/mol. The van der Waals surface area contributed by atoms with Crippen molar-refractivity contribution in [3.05, 3.63) is 70.5 Å². The molecular weight excluding hydrogens is 287 g/mol. The van der Waals surface area contributed by atoms with Crippen molar-refractivity contribution in [3.63, 3.8) is 0 Å². The van der Waals surface area contributed by atoms with Crippen LogP contribution in [0.5, 0.6) is 0 Å². The zero-order valence-electron chi connectivity index (χ0n) is 11.5. The zero-order valence-corrected chi connectivity index (χ0v) is 12.3. The summed E-state index contributed by atoms with van der Waals surface area (Å²) >= 11 is 4.87. The van der Waals surface area contributed by atoms with Gasteiger partial charge in [-0.05, 0) is 30.2 Å². The second kappa shape index (κ2) is 6.45. The van der Waals surface area contributed by atoms with Gasteiger partial charge in [0.05, 0.1) is 0 Å². The quantitative estimate of drug-likeness (QED) is 0.854. The molecule has 0 saturated heterocycles. The Morgan fingerprint density at radius 3 is 2.38 bits per heavy atom. The Kier molecular flexibility index (Phi) is 4.65. The van der Waals surface area contributed by atoms with Gasteiger partial charge in [-0.1, -0.05) is 42.5 Å². The molecule has 2 aromatic carbocycles. The Hall–Kier alpha value is -2.27. The number of thiocarbonyl (C=S) groups is 1. The second-order valence-electron chi connectivity index (χ2n) is 4.71. The molecule has 0 radical (unpaired) electrons. The lowest BCUT2D eigenvalue weighted by Crippen LogP contribution is -2.23. The molecule has 5 heteroatoms. The summed E-state index contributed by atoms with van der Waals surface area (Å²) in [6, 6.07) is 11.7. The normalized spacial score (nSPS) is 10.2. The van der Waals surface area contributed by atoms with E-state index in [9.17, 15) is 9.18 Å². The summed E-state index contributed by atoms with van der Waals surface area (Å²) in [5, 5.41) is 2.74. The van der Waals surface area contributed by atoms with Gasteiger partial charge in [-0.3, -0.25) is 4.79 Å². The topological polar surface area (TPSA) is 55.1 Å². The van der Waals surface area contributed by atoms with Crippen molar-refractivity contribution in [2.45, 2.75) is 13.5 Å². The Balaban J connectivity index is 2.00. The van der Waals surface area contributed by atoms with Crippen LogP contribution in [0.1, 0.15) is 27.0 Å². The number of nitrogens with two attached hydrogens (primary N) is 1. The summed E-state index contributed by atoms with van der Waals surface area (Å²) in [6.45, 7) is 2.01. The van der Waals surface area contributed by atoms with Crippen LogP contribution < -0.4 is 11.1 Å². The van der Waals surface area contributed by atoms with Gasteiger partial charge in [0.15, 0.2) is 0 Å². The largest absolute Gasteiger partial charge is 0.389 e. The molecule has 21 heavy (non-hydrogen) atoms. The van der Waals surface area contributed by atoms with E-state index < -0.39 is 0 Å². The molecule has 0 atom stereocenters. The molecule has 0 aromatic heterocycles. The maximum absolute atomic E-state index is 13.4. The Morgan fingerprint density at radius 2 is 1.81 bits per heavy atom. The lowest BCUT2D eigenvalue weighted by atomic mass is 10.1. The highest BCUT2D eigenvalue weighted by atomic mass is 32.1. The highest BCUT2D eigenvalue weighted by molar-refractivity contribution is 7.80. The first-order valence-electron chi connectivity index (χ1n) is 6.40. The van der Waals surface area contributed by atoms with Crippen LogP contribution in [0.3, 0.4) is 0 Å². The molecule has 0 heterocycles. The number of halogens is 1. The monoisotopic (exact) mass is 302 g/mol. The van der Waals surface area contributed by atoms with Crippen molar-refractivity contribution in [2.24, 2.45) is 5.73 Å². The number of carbonyl (C=O) groups excluding carboxylic acids is 1. The van der Waals surface area contributed by atoms with Gasteiger partial charge in [-0.2, -0.15) is 0 Å². The summed E-state index contributed by atoms with van der Waals surface area (Å²) in [5.41, 5.74) is 8.02. The molecule has 0 fully saturated rings. The maximum atomic E-state index is 13.4. The fraction of sp³-hybridized carbons (Fsp3) is 0.125. The smallest absolute Gasteiger partial charge is 0.251 e. The van der Waals surface area contributed by atoms with Crippen molar-refractivity contribution < 1.29 is 9.18 Å². The molecule has 1 amide bonds. The molecule has 3 nitrogen and oxygen atoms in total. The maximum Gasteiger partial charge on any atom is 0.251 e. The molecular formula is C16H15FN2OS. The van der Waals surface area contributed by atoms with Crippen molar-refractivity contribution in [3.8, 4) is 0 Å². The minimum atomic E-state index is -0.386. The molecule has 2 rings (SSSR count). The van der Waals surface area contributed by atoms with Crippen LogP contribution >= 0.6 is 12.2 Å².